The SMILES string of the molecule is S=c1[nH]c2cccnc2n1-c1ccsc1. The van der Waals surface area contributed by atoms with Crippen molar-refractivity contribution in [2.45, 2.75) is 0 Å². The average Bonchev–Trinajstić information content (AvgIpc) is 2.82. The van der Waals surface area contributed by atoms with Crippen LogP contribution in [-0.2, 0) is 0 Å². The van der Waals surface area contributed by atoms with Crippen molar-refractivity contribution in [3.8, 4) is 5.69 Å². The van der Waals surface area contributed by atoms with E-state index in [4.69, 9.17) is 12.2 Å². The summed E-state index contributed by atoms with van der Waals surface area (Å²) in [5.41, 5.74) is 2.91. The Hall–Kier alpha value is -1.46. The molecule has 0 unspecified atom stereocenters. The van der Waals surface area contributed by atoms with Crippen LogP contribution in [-0.4, -0.2) is 14.5 Å². The normalized spacial score (nSPS) is 10.9. The molecule has 0 amide bonds. The zero-order valence-corrected chi connectivity index (χ0v) is 9.31. The zero-order chi connectivity index (χ0) is 10.3. The number of aromatic nitrogens is 3. The van der Waals surface area contributed by atoms with Crippen LogP contribution in [0.1, 0.15) is 0 Å². The summed E-state index contributed by atoms with van der Waals surface area (Å²) >= 11 is 6.92. The van der Waals surface area contributed by atoms with Gasteiger partial charge in [0, 0.05) is 11.6 Å². The Morgan fingerprint density at radius 1 is 1.40 bits per heavy atom. The molecule has 0 aliphatic heterocycles. The number of hydrogen-bond acceptors (Lipinski definition) is 3. The van der Waals surface area contributed by atoms with E-state index in [1.54, 1.807) is 17.5 Å². The number of imidazole rings is 1. The van der Waals surface area contributed by atoms with Crippen molar-refractivity contribution in [1.82, 2.24) is 14.5 Å². The van der Waals surface area contributed by atoms with Crippen molar-refractivity contribution in [2.24, 2.45) is 0 Å². The van der Waals surface area contributed by atoms with Gasteiger partial charge in [-0.3, -0.25) is 4.57 Å². The van der Waals surface area contributed by atoms with Gasteiger partial charge in [0.1, 0.15) is 0 Å². The van der Waals surface area contributed by atoms with Gasteiger partial charge in [-0.25, -0.2) is 4.98 Å². The molecule has 0 radical (unpaired) electrons. The second-order valence-corrected chi connectivity index (χ2v) is 4.29. The fourth-order valence-corrected chi connectivity index (χ4v) is 2.49. The second kappa shape index (κ2) is 3.29. The molecule has 3 rings (SSSR count). The Morgan fingerprint density at radius 3 is 3.13 bits per heavy atom. The van der Waals surface area contributed by atoms with Crippen molar-refractivity contribution in [1.29, 1.82) is 0 Å². The monoisotopic (exact) mass is 233 g/mol. The van der Waals surface area contributed by atoms with Gasteiger partial charge in [-0.05, 0) is 35.8 Å². The third kappa shape index (κ3) is 1.32. The van der Waals surface area contributed by atoms with E-state index >= 15 is 0 Å². The first-order valence-electron chi connectivity index (χ1n) is 4.44. The smallest absolute Gasteiger partial charge is 0.184 e. The largest absolute Gasteiger partial charge is 0.329 e. The molecular weight excluding hydrogens is 226 g/mol. The quantitative estimate of drug-likeness (QED) is 0.655. The van der Waals surface area contributed by atoms with Crippen LogP contribution in [0.5, 0.6) is 0 Å². The molecule has 3 nitrogen and oxygen atoms in total. The predicted octanol–water partition coefficient (Wildman–Crippen LogP) is 3.14. The Morgan fingerprint density at radius 2 is 2.33 bits per heavy atom. The van der Waals surface area contributed by atoms with E-state index in [2.05, 4.69) is 15.3 Å². The maximum atomic E-state index is 5.27. The van der Waals surface area contributed by atoms with Crippen LogP contribution >= 0.6 is 23.6 Å². The van der Waals surface area contributed by atoms with Crippen LogP contribution in [0.2, 0.25) is 0 Å². The molecule has 0 saturated carbocycles. The minimum Gasteiger partial charge on any atom is -0.329 e. The van der Waals surface area contributed by atoms with E-state index in [9.17, 15) is 0 Å². The summed E-state index contributed by atoms with van der Waals surface area (Å²) in [5.74, 6) is 0. The number of fused-ring (bicyclic) bond motifs is 1. The molecule has 15 heavy (non-hydrogen) atoms. The molecule has 0 bridgehead atoms. The summed E-state index contributed by atoms with van der Waals surface area (Å²) < 4.78 is 2.63. The highest BCUT2D eigenvalue weighted by molar-refractivity contribution is 7.71. The summed E-state index contributed by atoms with van der Waals surface area (Å²) in [4.78, 5) is 7.46. The third-order valence-corrected chi connectivity index (χ3v) is 3.16. The number of H-pyrrole nitrogens is 1. The van der Waals surface area contributed by atoms with Gasteiger partial charge in [0.25, 0.3) is 0 Å². The molecule has 1 N–H and O–H groups in total. The number of thiophene rings is 1. The number of rotatable bonds is 1. The Labute approximate surface area is 95.0 Å². The van der Waals surface area contributed by atoms with Gasteiger partial charge in [-0.15, -0.1) is 0 Å². The van der Waals surface area contributed by atoms with E-state index < -0.39 is 0 Å². The molecule has 5 heteroatoms. The first-order valence-corrected chi connectivity index (χ1v) is 5.80. The lowest BCUT2D eigenvalue weighted by atomic mass is 10.4. The number of hydrogen-bond donors (Lipinski definition) is 1. The van der Waals surface area contributed by atoms with Crippen LogP contribution < -0.4 is 0 Å². The minimum atomic E-state index is 0.683. The van der Waals surface area contributed by atoms with E-state index in [-0.39, 0.29) is 0 Å². The van der Waals surface area contributed by atoms with Crippen molar-refractivity contribution in [3.63, 3.8) is 0 Å². The van der Waals surface area contributed by atoms with Gasteiger partial charge in [0.2, 0.25) is 0 Å². The lowest BCUT2D eigenvalue weighted by molar-refractivity contribution is 1.05. The standard InChI is InChI=1S/C10H7N3S2/c14-10-12-8-2-1-4-11-9(8)13(10)7-3-5-15-6-7/h1-6H,(H,12,14). The molecular formula is C10H7N3S2. The summed E-state index contributed by atoms with van der Waals surface area (Å²) in [7, 11) is 0. The maximum Gasteiger partial charge on any atom is 0.184 e. The molecule has 0 spiro atoms. The summed E-state index contributed by atoms with van der Waals surface area (Å²) in [6.45, 7) is 0. The lowest BCUT2D eigenvalue weighted by Crippen LogP contribution is -1.92. The molecule has 0 saturated heterocycles. The van der Waals surface area contributed by atoms with E-state index in [0.717, 1.165) is 16.9 Å². The first kappa shape index (κ1) is 8.82. The number of nitrogens with zero attached hydrogens (tertiary/aromatic N) is 2. The van der Waals surface area contributed by atoms with Crippen LogP contribution in [0, 0.1) is 4.77 Å². The second-order valence-electron chi connectivity index (χ2n) is 3.12. The van der Waals surface area contributed by atoms with Crippen LogP contribution in [0.4, 0.5) is 0 Å². The molecule has 0 aliphatic carbocycles. The summed E-state index contributed by atoms with van der Waals surface area (Å²) in [5, 5.41) is 4.08. The highest BCUT2D eigenvalue weighted by Gasteiger charge is 2.06. The molecule has 3 aromatic heterocycles. The molecule has 0 aliphatic rings. The van der Waals surface area contributed by atoms with E-state index in [1.807, 2.05) is 28.1 Å². The van der Waals surface area contributed by atoms with Crippen LogP contribution in [0.3, 0.4) is 0 Å². The van der Waals surface area contributed by atoms with Gasteiger partial charge < -0.3 is 4.98 Å². The predicted molar refractivity (Wildman–Crippen MR) is 64.1 cm³/mol. The van der Waals surface area contributed by atoms with Crippen LogP contribution in [0.25, 0.3) is 16.9 Å². The highest BCUT2D eigenvalue weighted by Crippen LogP contribution is 2.19. The maximum absolute atomic E-state index is 5.27. The Kier molecular flexibility index (Phi) is 1.93. The molecule has 0 aromatic carbocycles. The third-order valence-electron chi connectivity index (χ3n) is 2.21. The summed E-state index contributed by atoms with van der Waals surface area (Å²) in [6, 6.07) is 5.90. The fourth-order valence-electron chi connectivity index (χ4n) is 1.56. The van der Waals surface area contributed by atoms with Crippen molar-refractivity contribution >= 4 is 34.7 Å². The highest BCUT2D eigenvalue weighted by atomic mass is 32.1. The molecule has 74 valence electrons. The molecule has 3 heterocycles. The fraction of sp³-hybridized carbons (Fsp3) is 0. The van der Waals surface area contributed by atoms with Gasteiger partial charge in [-0.1, -0.05) is 0 Å². The Bertz CT molecular complexity index is 649. The van der Waals surface area contributed by atoms with Crippen LogP contribution in [0.15, 0.2) is 35.2 Å². The zero-order valence-electron chi connectivity index (χ0n) is 7.68. The average molecular weight is 233 g/mol. The van der Waals surface area contributed by atoms with Gasteiger partial charge in [-0.2, -0.15) is 11.3 Å². The topological polar surface area (TPSA) is 33.6 Å². The van der Waals surface area contributed by atoms with Crippen molar-refractivity contribution in [2.75, 3.05) is 0 Å². The summed E-state index contributed by atoms with van der Waals surface area (Å²) in [6.07, 6.45) is 1.77. The lowest BCUT2D eigenvalue weighted by Gasteiger charge is -1.98. The van der Waals surface area contributed by atoms with Crippen molar-refractivity contribution < 1.29 is 0 Å². The molecule has 0 fully saturated rings. The number of pyridine rings is 1. The van der Waals surface area contributed by atoms with E-state index in [1.165, 1.54) is 0 Å². The van der Waals surface area contributed by atoms with E-state index in [0.29, 0.717) is 4.77 Å². The molecule has 0 atom stereocenters. The number of nitrogens with one attached hydrogen (secondary N) is 1. The molecule has 3 aromatic rings. The van der Waals surface area contributed by atoms with Gasteiger partial charge >= 0.3 is 0 Å². The number of aromatic amines is 1. The van der Waals surface area contributed by atoms with Gasteiger partial charge in [0.15, 0.2) is 10.4 Å². The Balaban J connectivity index is 2.44. The minimum absolute atomic E-state index is 0.683. The first-order chi connectivity index (χ1) is 7.36. The van der Waals surface area contributed by atoms with Gasteiger partial charge in [0.05, 0.1) is 11.2 Å². The van der Waals surface area contributed by atoms with Crippen molar-refractivity contribution in [3.05, 3.63) is 39.9 Å².